The Bertz CT molecular complexity index is 995. The second-order valence-electron chi connectivity index (χ2n) is 7.94. The molecule has 0 aliphatic rings. The maximum Gasteiger partial charge on any atom is 0.289 e. The van der Waals surface area contributed by atoms with Crippen molar-refractivity contribution in [1.29, 1.82) is 0 Å². The molecule has 0 saturated carbocycles. The van der Waals surface area contributed by atoms with Crippen LogP contribution in [0.4, 0.5) is 11.4 Å². The van der Waals surface area contributed by atoms with Crippen molar-refractivity contribution in [3.63, 3.8) is 0 Å². The molecular weight excluding hydrogens is 438 g/mol. The number of hydrogen-bond acceptors (Lipinski definition) is 5. The molecule has 0 saturated heterocycles. The normalized spacial score (nSPS) is 11.0. The average Bonchev–Trinajstić information content (AvgIpc) is 2.68. The van der Waals surface area contributed by atoms with Gasteiger partial charge in [-0.1, -0.05) is 37.6 Å². The third-order valence-electron chi connectivity index (χ3n) is 4.79. The lowest BCUT2D eigenvalue weighted by Crippen LogP contribution is -2.42. The number of nitrogens with zero attached hydrogens (tertiary/aromatic N) is 1. The van der Waals surface area contributed by atoms with E-state index >= 15 is 0 Å². The number of aryl methyl sites for hydroxylation is 2. The van der Waals surface area contributed by atoms with E-state index in [1.807, 2.05) is 45.9 Å². The van der Waals surface area contributed by atoms with Crippen molar-refractivity contribution in [3.8, 4) is 5.75 Å². The van der Waals surface area contributed by atoms with E-state index in [1.54, 1.807) is 6.07 Å². The molecular formula is C22H26ClN3O4S. The zero-order chi connectivity index (χ0) is 23.2. The van der Waals surface area contributed by atoms with Crippen LogP contribution < -0.4 is 15.4 Å². The number of anilines is 1. The highest BCUT2D eigenvalue weighted by Gasteiger charge is 2.28. The maximum atomic E-state index is 12.6. The van der Waals surface area contributed by atoms with Gasteiger partial charge in [0, 0.05) is 17.2 Å². The summed E-state index contributed by atoms with van der Waals surface area (Å²) in [6.45, 7) is 8.17. The van der Waals surface area contributed by atoms with Crippen molar-refractivity contribution in [2.75, 3.05) is 11.9 Å². The van der Waals surface area contributed by atoms with Gasteiger partial charge in [-0.15, -0.1) is 0 Å². The number of nitrogens with one attached hydrogen (secondary N) is 2. The van der Waals surface area contributed by atoms with Crippen molar-refractivity contribution in [2.45, 2.75) is 40.5 Å². The van der Waals surface area contributed by atoms with Gasteiger partial charge in [0.1, 0.15) is 10.8 Å². The van der Waals surface area contributed by atoms with Crippen LogP contribution in [0.1, 0.15) is 37.8 Å². The summed E-state index contributed by atoms with van der Waals surface area (Å²) in [5.74, 6) is 0.602. The topological polar surface area (TPSA) is 93.5 Å². The van der Waals surface area contributed by atoms with Gasteiger partial charge in [0.25, 0.3) is 5.69 Å². The third kappa shape index (κ3) is 7.18. The summed E-state index contributed by atoms with van der Waals surface area (Å²) in [5.41, 5.74) is 1.64. The Hall–Kier alpha value is -2.71. The molecule has 2 rings (SSSR count). The number of rotatable bonds is 8. The lowest BCUT2D eigenvalue weighted by molar-refractivity contribution is -0.384. The molecule has 0 aliphatic carbocycles. The van der Waals surface area contributed by atoms with Crippen LogP contribution in [-0.4, -0.2) is 22.5 Å². The fourth-order valence-electron chi connectivity index (χ4n) is 2.84. The Labute approximate surface area is 192 Å². The van der Waals surface area contributed by atoms with Gasteiger partial charge in [-0.3, -0.25) is 14.9 Å². The van der Waals surface area contributed by atoms with Gasteiger partial charge in [0.15, 0.2) is 5.11 Å². The number of benzene rings is 2. The number of carbonyl (C=O) groups excluding carboxylic acids is 1. The van der Waals surface area contributed by atoms with E-state index < -0.39 is 10.3 Å². The summed E-state index contributed by atoms with van der Waals surface area (Å²) in [4.78, 5) is 23.1. The van der Waals surface area contributed by atoms with Gasteiger partial charge >= 0.3 is 0 Å². The Morgan fingerprint density at radius 3 is 2.61 bits per heavy atom. The molecule has 0 fully saturated rings. The summed E-state index contributed by atoms with van der Waals surface area (Å²) in [5, 5.41) is 16.5. The van der Waals surface area contributed by atoms with Gasteiger partial charge in [-0.2, -0.15) is 0 Å². The van der Waals surface area contributed by atoms with Gasteiger partial charge in [-0.25, -0.2) is 0 Å². The predicted molar refractivity (Wildman–Crippen MR) is 127 cm³/mol. The largest absolute Gasteiger partial charge is 0.493 e. The molecule has 0 bridgehead atoms. The molecule has 2 N–H and O–H groups in total. The van der Waals surface area contributed by atoms with Crippen molar-refractivity contribution in [3.05, 3.63) is 62.7 Å². The number of halogens is 1. The SMILES string of the molecule is Cc1ccc(C)c(OCCCC(C)(C)C(=O)NC(=S)Nc2ccc(Cl)c([N+](=O)[O-])c2)c1. The molecule has 166 valence electrons. The standard InChI is InChI=1S/C22H26ClN3O4S/c1-14-6-7-15(2)19(12-14)30-11-5-10-22(3,4)20(27)25-21(31)24-16-8-9-17(23)18(13-16)26(28)29/h6-9,12-13H,5,10-11H2,1-4H3,(H2,24,25,27,31). The number of nitro benzene ring substituents is 1. The van der Waals surface area contributed by atoms with Crippen LogP contribution in [0.2, 0.25) is 5.02 Å². The van der Waals surface area contributed by atoms with Crippen LogP contribution in [0, 0.1) is 29.4 Å². The van der Waals surface area contributed by atoms with E-state index in [4.69, 9.17) is 28.6 Å². The summed E-state index contributed by atoms with van der Waals surface area (Å²) in [6.07, 6.45) is 1.29. The lowest BCUT2D eigenvalue weighted by atomic mass is 9.87. The zero-order valence-corrected chi connectivity index (χ0v) is 19.5. The van der Waals surface area contributed by atoms with E-state index in [-0.39, 0.29) is 21.7 Å². The van der Waals surface area contributed by atoms with Gasteiger partial charge in [-0.05, 0) is 68.2 Å². The zero-order valence-electron chi connectivity index (χ0n) is 18.0. The number of amides is 1. The van der Waals surface area contributed by atoms with Gasteiger partial charge < -0.3 is 15.4 Å². The van der Waals surface area contributed by atoms with E-state index in [0.29, 0.717) is 25.1 Å². The highest BCUT2D eigenvalue weighted by molar-refractivity contribution is 7.80. The first-order valence-corrected chi connectivity index (χ1v) is 10.5. The van der Waals surface area contributed by atoms with Crippen molar-refractivity contribution >= 4 is 46.2 Å². The highest BCUT2D eigenvalue weighted by Crippen LogP contribution is 2.28. The molecule has 31 heavy (non-hydrogen) atoms. The Morgan fingerprint density at radius 2 is 1.94 bits per heavy atom. The van der Waals surface area contributed by atoms with Crippen LogP contribution in [0.25, 0.3) is 0 Å². The van der Waals surface area contributed by atoms with Crippen LogP contribution in [-0.2, 0) is 4.79 Å². The molecule has 0 heterocycles. The maximum absolute atomic E-state index is 12.6. The molecule has 2 aromatic rings. The minimum atomic E-state index is -0.678. The van der Waals surface area contributed by atoms with E-state index in [0.717, 1.165) is 16.9 Å². The van der Waals surface area contributed by atoms with E-state index in [1.165, 1.54) is 12.1 Å². The fraction of sp³-hybridized carbons (Fsp3) is 0.364. The minimum absolute atomic E-state index is 0.0229. The average molecular weight is 464 g/mol. The van der Waals surface area contributed by atoms with Crippen molar-refractivity contribution < 1.29 is 14.5 Å². The number of ether oxygens (including phenoxy) is 1. The first-order valence-electron chi connectivity index (χ1n) is 9.76. The molecule has 0 aromatic heterocycles. The number of carbonyl (C=O) groups is 1. The van der Waals surface area contributed by atoms with E-state index in [9.17, 15) is 14.9 Å². The number of thiocarbonyl (C=S) groups is 1. The molecule has 0 atom stereocenters. The number of nitro groups is 1. The first kappa shape index (κ1) is 24.6. The van der Waals surface area contributed by atoms with Crippen molar-refractivity contribution in [2.24, 2.45) is 5.41 Å². The Kier molecular flexibility index (Phi) is 8.36. The van der Waals surface area contributed by atoms with Crippen LogP contribution >= 0.6 is 23.8 Å². The smallest absolute Gasteiger partial charge is 0.289 e. The fourth-order valence-corrected chi connectivity index (χ4v) is 3.23. The second kappa shape index (κ2) is 10.5. The van der Waals surface area contributed by atoms with Crippen LogP contribution in [0.15, 0.2) is 36.4 Å². The van der Waals surface area contributed by atoms with Crippen molar-refractivity contribution in [1.82, 2.24) is 5.32 Å². The molecule has 0 aliphatic heterocycles. The lowest BCUT2D eigenvalue weighted by Gasteiger charge is -2.24. The van der Waals surface area contributed by atoms with Crippen LogP contribution in [0.3, 0.4) is 0 Å². The van der Waals surface area contributed by atoms with E-state index in [2.05, 4.69) is 10.6 Å². The monoisotopic (exact) mass is 463 g/mol. The predicted octanol–water partition coefficient (Wildman–Crippen LogP) is 5.56. The van der Waals surface area contributed by atoms with Gasteiger partial charge in [0.05, 0.1) is 11.5 Å². The molecule has 0 unspecified atom stereocenters. The molecule has 1 amide bonds. The molecule has 2 aromatic carbocycles. The summed E-state index contributed by atoms with van der Waals surface area (Å²) in [6, 6.07) is 10.3. The molecule has 0 radical (unpaired) electrons. The summed E-state index contributed by atoms with van der Waals surface area (Å²) in [7, 11) is 0. The van der Waals surface area contributed by atoms with Gasteiger partial charge in [0.2, 0.25) is 5.91 Å². The summed E-state index contributed by atoms with van der Waals surface area (Å²) >= 11 is 11.0. The Morgan fingerprint density at radius 1 is 1.23 bits per heavy atom. The second-order valence-corrected chi connectivity index (χ2v) is 8.75. The Balaban J connectivity index is 1.85. The number of hydrogen-bond donors (Lipinski definition) is 2. The first-order chi connectivity index (χ1) is 14.5. The molecule has 0 spiro atoms. The molecule has 7 nitrogen and oxygen atoms in total. The third-order valence-corrected chi connectivity index (χ3v) is 5.31. The molecule has 9 heteroatoms. The highest BCUT2D eigenvalue weighted by atomic mass is 35.5. The quantitative estimate of drug-likeness (QED) is 0.230. The minimum Gasteiger partial charge on any atom is -0.493 e. The summed E-state index contributed by atoms with van der Waals surface area (Å²) < 4.78 is 5.86. The van der Waals surface area contributed by atoms with Crippen LogP contribution in [0.5, 0.6) is 5.75 Å².